The van der Waals surface area contributed by atoms with Crippen LogP contribution in [0.25, 0.3) is 0 Å². The second-order valence-corrected chi connectivity index (χ2v) is 4.65. The lowest BCUT2D eigenvalue weighted by atomic mass is 10.1. The minimum atomic E-state index is -0.0460. The molecule has 1 heterocycles. The average Bonchev–Trinajstić information content (AvgIpc) is 2.93. The van der Waals surface area contributed by atoms with Crippen molar-refractivity contribution in [2.24, 2.45) is 0 Å². The third-order valence-corrected chi connectivity index (χ3v) is 2.97. The van der Waals surface area contributed by atoms with E-state index in [1.54, 1.807) is 6.20 Å². The standard InChI is InChI=1S/C15H20N4O/c1-12(20)19-14-6-3-2-5-13(14)11-16-8-4-7-15-17-9-10-18-15/h2-3,5-6,9-10,16H,4,7-8,11H2,1H3,(H,17,18)(H,19,20). The van der Waals surface area contributed by atoms with E-state index in [1.165, 1.54) is 6.92 Å². The van der Waals surface area contributed by atoms with Crippen molar-refractivity contribution in [1.82, 2.24) is 15.3 Å². The molecular weight excluding hydrogens is 252 g/mol. The Bertz CT molecular complexity index is 537. The molecule has 0 radical (unpaired) electrons. The number of hydrogen-bond donors (Lipinski definition) is 3. The number of aromatic nitrogens is 2. The number of aryl methyl sites for hydroxylation is 1. The molecule has 1 aromatic carbocycles. The lowest BCUT2D eigenvalue weighted by molar-refractivity contribution is -0.114. The van der Waals surface area contributed by atoms with Crippen LogP contribution in [0.1, 0.15) is 24.7 Å². The molecule has 1 aromatic heterocycles. The molecule has 0 saturated heterocycles. The van der Waals surface area contributed by atoms with Crippen molar-refractivity contribution in [3.05, 3.63) is 48.0 Å². The summed E-state index contributed by atoms with van der Waals surface area (Å²) in [5, 5.41) is 6.23. The Balaban J connectivity index is 1.74. The van der Waals surface area contributed by atoms with Crippen molar-refractivity contribution in [1.29, 1.82) is 0 Å². The van der Waals surface area contributed by atoms with Crippen LogP contribution in [0.2, 0.25) is 0 Å². The first-order valence-electron chi connectivity index (χ1n) is 6.80. The number of hydrogen-bond acceptors (Lipinski definition) is 3. The Morgan fingerprint density at radius 1 is 1.35 bits per heavy atom. The van der Waals surface area contributed by atoms with E-state index < -0.39 is 0 Å². The smallest absolute Gasteiger partial charge is 0.221 e. The van der Waals surface area contributed by atoms with Gasteiger partial charge in [-0.1, -0.05) is 18.2 Å². The molecule has 0 aliphatic carbocycles. The van der Waals surface area contributed by atoms with Gasteiger partial charge in [0, 0.05) is 38.0 Å². The maximum atomic E-state index is 11.1. The van der Waals surface area contributed by atoms with Crippen LogP contribution in [-0.2, 0) is 17.8 Å². The molecule has 0 aliphatic heterocycles. The molecule has 0 atom stereocenters. The maximum Gasteiger partial charge on any atom is 0.221 e. The van der Waals surface area contributed by atoms with Gasteiger partial charge in [0.2, 0.25) is 5.91 Å². The number of para-hydroxylation sites is 1. The fraction of sp³-hybridized carbons (Fsp3) is 0.333. The first-order valence-corrected chi connectivity index (χ1v) is 6.80. The molecule has 2 aromatic rings. The van der Waals surface area contributed by atoms with E-state index in [0.717, 1.165) is 43.0 Å². The first-order chi connectivity index (χ1) is 9.75. The molecule has 106 valence electrons. The van der Waals surface area contributed by atoms with Gasteiger partial charge in [-0.15, -0.1) is 0 Å². The highest BCUT2D eigenvalue weighted by atomic mass is 16.1. The van der Waals surface area contributed by atoms with Crippen LogP contribution >= 0.6 is 0 Å². The van der Waals surface area contributed by atoms with Crippen LogP contribution in [0.4, 0.5) is 5.69 Å². The molecule has 0 unspecified atom stereocenters. The highest BCUT2D eigenvalue weighted by molar-refractivity contribution is 5.89. The van der Waals surface area contributed by atoms with Gasteiger partial charge in [0.25, 0.3) is 0 Å². The van der Waals surface area contributed by atoms with E-state index in [4.69, 9.17) is 0 Å². The molecule has 0 fully saturated rings. The van der Waals surface area contributed by atoms with Gasteiger partial charge in [0.1, 0.15) is 5.82 Å². The zero-order valence-electron chi connectivity index (χ0n) is 11.6. The van der Waals surface area contributed by atoms with E-state index in [2.05, 4.69) is 20.6 Å². The van der Waals surface area contributed by atoms with Crippen molar-refractivity contribution in [3.8, 4) is 0 Å². The van der Waals surface area contributed by atoms with Crippen LogP contribution in [0.3, 0.4) is 0 Å². The number of rotatable bonds is 7. The number of nitrogens with zero attached hydrogens (tertiary/aromatic N) is 1. The minimum absolute atomic E-state index is 0.0460. The second kappa shape index (κ2) is 7.45. The van der Waals surface area contributed by atoms with Gasteiger partial charge in [-0.25, -0.2) is 4.98 Å². The largest absolute Gasteiger partial charge is 0.349 e. The summed E-state index contributed by atoms with van der Waals surface area (Å²) in [5.74, 6) is 0.973. The molecule has 2 rings (SSSR count). The third kappa shape index (κ3) is 4.51. The van der Waals surface area contributed by atoms with Crippen molar-refractivity contribution in [3.63, 3.8) is 0 Å². The number of anilines is 1. The zero-order chi connectivity index (χ0) is 14.2. The summed E-state index contributed by atoms with van der Waals surface area (Å²) in [6.07, 6.45) is 5.57. The van der Waals surface area contributed by atoms with Crippen LogP contribution < -0.4 is 10.6 Å². The van der Waals surface area contributed by atoms with E-state index in [9.17, 15) is 4.79 Å². The van der Waals surface area contributed by atoms with Crippen LogP contribution in [0.15, 0.2) is 36.7 Å². The van der Waals surface area contributed by atoms with Gasteiger partial charge in [0.15, 0.2) is 0 Å². The summed E-state index contributed by atoms with van der Waals surface area (Å²) in [6.45, 7) is 3.18. The average molecular weight is 272 g/mol. The normalized spacial score (nSPS) is 10.4. The number of aromatic amines is 1. The van der Waals surface area contributed by atoms with Crippen LogP contribution in [-0.4, -0.2) is 22.4 Å². The summed E-state index contributed by atoms with van der Waals surface area (Å²) in [6, 6.07) is 7.84. The molecule has 0 aliphatic rings. The van der Waals surface area contributed by atoms with E-state index in [0.29, 0.717) is 0 Å². The number of amides is 1. The number of nitrogens with one attached hydrogen (secondary N) is 3. The third-order valence-electron chi connectivity index (χ3n) is 2.97. The molecule has 20 heavy (non-hydrogen) atoms. The lowest BCUT2D eigenvalue weighted by Crippen LogP contribution is -2.17. The number of imidazole rings is 1. The first kappa shape index (κ1) is 14.3. The molecule has 0 bridgehead atoms. The van der Waals surface area contributed by atoms with Gasteiger partial charge in [-0.3, -0.25) is 4.79 Å². The Morgan fingerprint density at radius 3 is 2.95 bits per heavy atom. The van der Waals surface area contributed by atoms with Crippen LogP contribution in [0, 0.1) is 0 Å². The highest BCUT2D eigenvalue weighted by Crippen LogP contribution is 2.14. The predicted molar refractivity (Wildman–Crippen MR) is 79.4 cm³/mol. The number of H-pyrrole nitrogens is 1. The predicted octanol–water partition coefficient (Wildman–Crippen LogP) is 2.09. The fourth-order valence-electron chi connectivity index (χ4n) is 2.02. The van der Waals surface area contributed by atoms with Gasteiger partial charge in [0.05, 0.1) is 0 Å². The second-order valence-electron chi connectivity index (χ2n) is 4.65. The van der Waals surface area contributed by atoms with E-state index in [1.807, 2.05) is 30.5 Å². The summed E-state index contributed by atoms with van der Waals surface area (Å²) in [5.41, 5.74) is 1.97. The molecule has 1 amide bonds. The zero-order valence-corrected chi connectivity index (χ0v) is 11.6. The van der Waals surface area contributed by atoms with Gasteiger partial charge in [-0.2, -0.15) is 0 Å². The van der Waals surface area contributed by atoms with Crippen molar-refractivity contribution >= 4 is 11.6 Å². The Hall–Kier alpha value is -2.14. The SMILES string of the molecule is CC(=O)Nc1ccccc1CNCCCc1ncc[nH]1. The van der Waals surface area contributed by atoms with Gasteiger partial charge in [-0.05, 0) is 24.6 Å². The number of carbonyl (C=O) groups is 1. The molecule has 0 spiro atoms. The van der Waals surface area contributed by atoms with Crippen molar-refractivity contribution in [2.45, 2.75) is 26.3 Å². The summed E-state index contributed by atoms with van der Waals surface area (Å²) < 4.78 is 0. The minimum Gasteiger partial charge on any atom is -0.349 e. The Kier molecular flexibility index (Phi) is 5.32. The molecule has 5 nitrogen and oxygen atoms in total. The maximum absolute atomic E-state index is 11.1. The molecular formula is C15H20N4O. The number of carbonyl (C=O) groups excluding carboxylic acids is 1. The van der Waals surface area contributed by atoms with Gasteiger partial charge >= 0.3 is 0 Å². The number of benzene rings is 1. The summed E-state index contributed by atoms with van der Waals surface area (Å²) in [7, 11) is 0. The van der Waals surface area contributed by atoms with E-state index in [-0.39, 0.29) is 5.91 Å². The topological polar surface area (TPSA) is 69.8 Å². The highest BCUT2D eigenvalue weighted by Gasteiger charge is 2.02. The molecule has 5 heteroatoms. The molecule has 3 N–H and O–H groups in total. The summed E-state index contributed by atoms with van der Waals surface area (Å²) in [4.78, 5) is 18.4. The van der Waals surface area contributed by atoms with Gasteiger partial charge < -0.3 is 15.6 Å². The monoisotopic (exact) mass is 272 g/mol. The van der Waals surface area contributed by atoms with E-state index >= 15 is 0 Å². The van der Waals surface area contributed by atoms with Crippen LogP contribution in [0.5, 0.6) is 0 Å². The summed E-state index contributed by atoms with van der Waals surface area (Å²) >= 11 is 0. The van der Waals surface area contributed by atoms with Crippen molar-refractivity contribution < 1.29 is 4.79 Å². The fourth-order valence-corrected chi connectivity index (χ4v) is 2.02. The Labute approximate surface area is 118 Å². The lowest BCUT2D eigenvalue weighted by Gasteiger charge is -2.10. The Morgan fingerprint density at radius 2 is 2.20 bits per heavy atom. The quantitative estimate of drug-likeness (QED) is 0.676. The molecule has 0 saturated carbocycles. The van der Waals surface area contributed by atoms with Crippen molar-refractivity contribution in [2.75, 3.05) is 11.9 Å².